The molecule has 0 spiro atoms. The molecule has 4 aromatic rings. The molecule has 10 nitrogen and oxygen atoms in total. The number of pyridine rings is 1. The average Bonchev–Trinajstić information content (AvgIpc) is 2.92. The summed E-state index contributed by atoms with van der Waals surface area (Å²) in [6, 6.07) is 9.20. The van der Waals surface area contributed by atoms with Gasteiger partial charge in [-0.25, -0.2) is 10.8 Å². The Morgan fingerprint density at radius 2 is 1.93 bits per heavy atom. The number of nitrogens with zero attached hydrogens (tertiary/aromatic N) is 4. The van der Waals surface area contributed by atoms with E-state index in [-0.39, 0.29) is 34.0 Å². The highest BCUT2D eigenvalue weighted by Gasteiger charge is 2.33. The number of hydrogen-bond donors (Lipinski definition) is 3. The van der Waals surface area contributed by atoms with Gasteiger partial charge in [0.15, 0.2) is 5.69 Å². The minimum atomic E-state index is -4.64. The number of methoxy groups -OCH3 is 1. The first-order valence-corrected chi connectivity index (χ1v) is 13.0. The van der Waals surface area contributed by atoms with Gasteiger partial charge in [-0.3, -0.25) is 24.1 Å². The molecule has 0 saturated heterocycles. The summed E-state index contributed by atoms with van der Waals surface area (Å²) in [5, 5.41) is 4.13. The summed E-state index contributed by atoms with van der Waals surface area (Å²) >= 11 is 12.0. The Kier molecular flexibility index (Phi) is 8.95. The Morgan fingerprint density at radius 3 is 2.57 bits per heavy atom. The van der Waals surface area contributed by atoms with Crippen molar-refractivity contribution in [2.24, 2.45) is 11.6 Å². The van der Waals surface area contributed by atoms with E-state index in [1.54, 1.807) is 25.1 Å². The number of amides is 1. The number of carbonyl (C=O) groups excluding carboxylic acids is 1. The van der Waals surface area contributed by atoms with E-state index in [1.807, 2.05) is 0 Å². The topological polar surface area (TPSA) is 141 Å². The number of nitrogens with two attached hydrogens (primary N) is 2. The molecule has 5 N–H and O–H groups in total. The van der Waals surface area contributed by atoms with Gasteiger partial charge in [0.2, 0.25) is 5.91 Å². The van der Waals surface area contributed by atoms with Crippen LogP contribution in [0.2, 0.25) is 5.02 Å². The zero-order valence-electron chi connectivity index (χ0n) is 22.1. The number of ether oxygens (including phenoxy) is 1. The van der Waals surface area contributed by atoms with Crippen molar-refractivity contribution in [3.05, 3.63) is 87.3 Å². The van der Waals surface area contributed by atoms with Crippen LogP contribution in [0, 0.1) is 0 Å². The van der Waals surface area contributed by atoms with Crippen LogP contribution in [0.15, 0.2) is 71.0 Å². The number of carbonyl (C=O) groups is 1. The monoisotopic (exact) mass is 621 g/mol. The van der Waals surface area contributed by atoms with Gasteiger partial charge in [-0.2, -0.15) is 13.2 Å². The number of fused-ring (bicyclic) bond motifs is 1. The first kappa shape index (κ1) is 30.6. The standard InChI is InChI=1S/C27H24Cl2F3N7O3/c1-3-20(26(41)36-15-5-6-18-19(9-15)35-11-23(37-18)27(30,31)32)38-12-22(42-2)17(10-25(38)40)16-8-14(28)4-7-21(16)39(34)13-24(29)33/h4-13,20H,3,33-34H2,1-2H3,(H,36,41)/b24-13-. The molecule has 15 heteroatoms. The second-order valence-corrected chi connectivity index (χ2v) is 9.83. The minimum Gasteiger partial charge on any atom is -0.495 e. The summed E-state index contributed by atoms with van der Waals surface area (Å²) in [4.78, 5) is 34.0. The first-order valence-electron chi connectivity index (χ1n) is 12.2. The summed E-state index contributed by atoms with van der Waals surface area (Å²) in [5.74, 6) is 5.79. The van der Waals surface area contributed by atoms with E-state index in [0.717, 1.165) is 0 Å². The molecule has 0 aliphatic heterocycles. The molecule has 1 unspecified atom stereocenters. The fourth-order valence-electron chi connectivity index (χ4n) is 4.26. The lowest BCUT2D eigenvalue weighted by Crippen LogP contribution is -2.33. The Labute approximate surface area is 247 Å². The van der Waals surface area contributed by atoms with Crippen molar-refractivity contribution < 1.29 is 22.7 Å². The number of anilines is 2. The molecule has 2 heterocycles. The second kappa shape index (κ2) is 12.3. The molecule has 0 radical (unpaired) electrons. The Bertz CT molecular complexity index is 1740. The van der Waals surface area contributed by atoms with Crippen LogP contribution in [0.25, 0.3) is 22.2 Å². The number of halogens is 5. The largest absolute Gasteiger partial charge is 0.495 e. The van der Waals surface area contributed by atoms with Crippen molar-refractivity contribution in [1.29, 1.82) is 0 Å². The number of alkyl halides is 3. The number of hydrogen-bond acceptors (Lipinski definition) is 8. The van der Waals surface area contributed by atoms with Gasteiger partial charge in [0.25, 0.3) is 5.56 Å². The summed E-state index contributed by atoms with van der Waals surface area (Å²) in [6.07, 6.45) is -1.14. The normalized spacial score (nSPS) is 12.7. The quantitative estimate of drug-likeness (QED) is 0.135. The third-order valence-electron chi connectivity index (χ3n) is 6.18. The van der Waals surface area contributed by atoms with E-state index in [4.69, 9.17) is 39.5 Å². The van der Waals surface area contributed by atoms with Gasteiger partial charge in [-0.1, -0.05) is 30.1 Å². The van der Waals surface area contributed by atoms with Gasteiger partial charge in [0.1, 0.15) is 16.9 Å². The molecule has 2 aromatic carbocycles. The van der Waals surface area contributed by atoms with Crippen LogP contribution in [-0.4, -0.2) is 27.6 Å². The number of benzene rings is 2. The van der Waals surface area contributed by atoms with E-state index in [0.29, 0.717) is 28.0 Å². The van der Waals surface area contributed by atoms with Gasteiger partial charge in [-0.05, 0) is 42.8 Å². The van der Waals surface area contributed by atoms with E-state index in [2.05, 4.69) is 15.3 Å². The summed E-state index contributed by atoms with van der Waals surface area (Å²) in [5.41, 5.74) is 5.49. The Hall–Kier alpha value is -4.33. The third-order valence-corrected chi connectivity index (χ3v) is 6.51. The minimum absolute atomic E-state index is 0.00654. The lowest BCUT2D eigenvalue weighted by Gasteiger charge is -2.22. The number of rotatable bonds is 8. The summed E-state index contributed by atoms with van der Waals surface area (Å²) in [7, 11) is 1.40. The molecule has 1 atom stereocenters. The SMILES string of the molecule is CCC(C(=O)Nc1ccc2nc(C(F)(F)F)cnc2c1)n1cc(OC)c(-c2cc(Cl)ccc2N(N)/C=C(\N)Cl)cc1=O. The van der Waals surface area contributed by atoms with Crippen molar-refractivity contribution in [3.63, 3.8) is 0 Å². The predicted molar refractivity (Wildman–Crippen MR) is 155 cm³/mol. The van der Waals surface area contributed by atoms with Gasteiger partial charge >= 0.3 is 6.18 Å². The molecule has 1 amide bonds. The molecule has 0 fully saturated rings. The lowest BCUT2D eigenvalue weighted by molar-refractivity contribution is -0.141. The lowest BCUT2D eigenvalue weighted by atomic mass is 10.0. The van der Waals surface area contributed by atoms with Crippen LogP contribution in [0.1, 0.15) is 25.1 Å². The third kappa shape index (κ3) is 6.59. The fourth-order valence-corrected chi connectivity index (χ4v) is 4.53. The molecule has 4 rings (SSSR count). The van der Waals surface area contributed by atoms with E-state index in [9.17, 15) is 22.8 Å². The Balaban J connectivity index is 1.68. The summed E-state index contributed by atoms with van der Waals surface area (Å²) < 4.78 is 45.7. The highest BCUT2D eigenvalue weighted by atomic mass is 35.5. The van der Waals surface area contributed by atoms with E-state index in [1.165, 1.54) is 53.3 Å². The first-order chi connectivity index (χ1) is 19.8. The highest BCUT2D eigenvalue weighted by Crippen LogP contribution is 2.38. The van der Waals surface area contributed by atoms with Gasteiger partial charge in [0.05, 0.1) is 42.4 Å². The molecule has 220 valence electrons. The number of nitrogens with one attached hydrogen (secondary N) is 1. The van der Waals surface area contributed by atoms with Crippen LogP contribution in [0.4, 0.5) is 24.5 Å². The van der Waals surface area contributed by atoms with Crippen molar-refractivity contribution >= 4 is 51.5 Å². The van der Waals surface area contributed by atoms with Crippen molar-refractivity contribution in [1.82, 2.24) is 14.5 Å². The van der Waals surface area contributed by atoms with Crippen molar-refractivity contribution in [2.45, 2.75) is 25.6 Å². The van der Waals surface area contributed by atoms with E-state index < -0.39 is 29.4 Å². The fraction of sp³-hybridized carbons (Fsp3) is 0.185. The zero-order chi connectivity index (χ0) is 30.8. The average molecular weight is 622 g/mol. The highest BCUT2D eigenvalue weighted by molar-refractivity contribution is 6.31. The maximum atomic E-state index is 13.4. The van der Waals surface area contributed by atoms with Crippen molar-refractivity contribution in [3.8, 4) is 16.9 Å². The Morgan fingerprint density at radius 1 is 1.19 bits per heavy atom. The molecular weight excluding hydrogens is 598 g/mol. The summed E-state index contributed by atoms with van der Waals surface area (Å²) in [6.45, 7) is 1.71. The van der Waals surface area contributed by atoms with Gasteiger partial charge in [0, 0.05) is 27.9 Å². The molecule has 0 bridgehead atoms. The second-order valence-electron chi connectivity index (χ2n) is 8.95. The molecule has 42 heavy (non-hydrogen) atoms. The predicted octanol–water partition coefficient (Wildman–Crippen LogP) is 5.41. The number of hydrazine groups is 1. The maximum Gasteiger partial charge on any atom is 0.434 e. The van der Waals surface area contributed by atoms with Crippen LogP contribution in [0.5, 0.6) is 5.75 Å². The molecule has 0 aliphatic carbocycles. The van der Waals surface area contributed by atoms with Crippen LogP contribution in [0.3, 0.4) is 0 Å². The van der Waals surface area contributed by atoms with E-state index >= 15 is 0 Å². The molecule has 0 aliphatic rings. The van der Waals surface area contributed by atoms with Crippen molar-refractivity contribution in [2.75, 3.05) is 17.4 Å². The smallest absolute Gasteiger partial charge is 0.434 e. The van der Waals surface area contributed by atoms with Crippen LogP contribution < -0.4 is 32.2 Å². The number of aromatic nitrogens is 3. The maximum absolute atomic E-state index is 13.4. The molecule has 0 saturated carbocycles. The van der Waals surface area contributed by atoms with Crippen LogP contribution in [-0.2, 0) is 11.0 Å². The van der Waals surface area contributed by atoms with Gasteiger partial charge < -0.3 is 15.8 Å². The van der Waals surface area contributed by atoms with Gasteiger partial charge in [-0.15, -0.1) is 0 Å². The zero-order valence-corrected chi connectivity index (χ0v) is 23.6. The van der Waals surface area contributed by atoms with Crippen LogP contribution >= 0.6 is 23.2 Å². The molecular formula is C27H24Cl2F3N7O3. The molecule has 2 aromatic heterocycles.